The smallest absolute Gasteiger partial charge is 0.259 e. The minimum Gasteiger partial charge on any atom is -0.489 e. The second-order valence-electron chi connectivity index (χ2n) is 6.04. The Hall–Kier alpha value is -3.19. The summed E-state index contributed by atoms with van der Waals surface area (Å²) in [5.74, 6) is 1.01. The molecule has 3 aromatic rings. The summed E-state index contributed by atoms with van der Waals surface area (Å²) in [4.78, 5) is 17.1. The van der Waals surface area contributed by atoms with E-state index in [1.54, 1.807) is 24.2 Å². The van der Waals surface area contributed by atoms with Crippen molar-refractivity contribution in [1.29, 1.82) is 0 Å². The van der Waals surface area contributed by atoms with Crippen molar-refractivity contribution < 1.29 is 14.3 Å². The molecule has 3 rings (SSSR count). The summed E-state index contributed by atoms with van der Waals surface area (Å²) in [7, 11) is 1.62. The largest absolute Gasteiger partial charge is 0.489 e. The SMILES string of the molecule is COCCOc1cc(C)ccc1NC(=O)c1cnn(-c2ccccn2)c1C. The molecular weight excluding hydrogens is 344 g/mol. The molecule has 0 unspecified atom stereocenters. The lowest BCUT2D eigenvalue weighted by Crippen LogP contribution is -2.15. The highest BCUT2D eigenvalue weighted by atomic mass is 16.5. The van der Waals surface area contributed by atoms with Crippen LogP contribution in [0, 0.1) is 13.8 Å². The van der Waals surface area contributed by atoms with E-state index in [2.05, 4.69) is 15.4 Å². The van der Waals surface area contributed by atoms with Crippen LogP contribution in [0.25, 0.3) is 5.82 Å². The molecule has 0 atom stereocenters. The highest BCUT2D eigenvalue weighted by molar-refractivity contribution is 6.05. The van der Waals surface area contributed by atoms with Gasteiger partial charge in [-0.3, -0.25) is 4.79 Å². The van der Waals surface area contributed by atoms with Crippen LogP contribution in [-0.2, 0) is 4.74 Å². The number of hydrogen-bond acceptors (Lipinski definition) is 5. The van der Waals surface area contributed by atoms with Crippen LogP contribution >= 0.6 is 0 Å². The first-order valence-corrected chi connectivity index (χ1v) is 8.60. The maximum absolute atomic E-state index is 12.8. The topological polar surface area (TPSA) is 78.3 Å². The Morgan fingerprint density at radius 2 is 2.04 bits per heavy atom. The van der Waals surface area contributed by atoms with Crippen molar-refractivity contribution >= 4 is 11.6 Å². The summed E-state index contributed by atoms with van der Waals surface area (Å²) in [6.07, 6.45) is 3.23. The lowest BCUT2D eigenvalue weighted by molar-refractivity contribution is 0.102. The number of hydrogen-bond donors (Lipinski definition) is 1. The van der Waals surface area contributed by atoms with Gasteiger partial charge in [0.2, 0.25) is 0 Å². The molecule has 1 aromatic carbocycles. The standard InChI is InChI=1S/C20H22N4O3/c1-14-7-8-17(18(12-14)27-11-10-26-3)23-20(25)16-13-22-24(15(16)2)19-6-4-5-9-21-19/h4-9,12-13H,10-11H2,1-3H3,(H,23,25). The van der Waals surface area contributed by atoms with Gasteiger partial charge in [0.25, 0.3) is 5.91 Å². The highest BCUT2D eigenvalue weighted by Crippen LogP contribution is 2.26. The summed E-state index contributed by atoms with van der Waals surface area (Å²) in [6.45, 7) is 4.67. The Morgan fingerprint density at radius 3 is 2.78 bits per heavy atom. The quantitative estimate of drug-likeness (QED) is 0.650. The first-order chi connectivity index (χ1) is 13.1. The van der Waals surface area contributed by atoms with Crippen LogP contribution in [-0.4, -0.2) is 41.0 Å². The number of nitrogens with zero attached hydrogens (tertiary/aromatic N) is 3. The minimum absolute atomic E-state index is 0.255. The van der Waals surface area contributed by atoms with Gasteiger partial charge in [-0.05, 0) is 43.7 Å². The molecular formula is C20H22N4O3. The molecule has 7 nitrogen and oxygen atoms in total. The fourth-order valence-electron chi connectivity index (χ4n) is 2.62. The Balaban J connectivity index is 1.81. The van der Waals surface area contributed by atoms with Gasteiger partial charge in [-0.25, -0.2) is 9.67 Å². The fourth-order valence-corrected chi connectivity index (χ4v) is 2.62. The first-order valence-electron chi connectivity index (χ1n) is 8.60. The molecule has 0 aliphatic rings. The first kappa shape index (κ1) is 18.6. The van der Waals surface area contributed by atoms with E-state index in [9.17, 15) is 4.79 Å². The maximum Gasteiger partial charge on any atom is 0.259 e. The van der Waals surface area contributed by atoms with Gasteiger partial charge in [0.1, 0.15) is 12.4 Å². The van der Waals surface area contributed by atoms with Crippen LogP contribution in [0.4, 0.5) is 5.69 Å². The molecule has 1 N–H and O–H groups in total. The van der Waals surface area contributed by atoms with Gasteiger partial charge in [-0.2, -0.15) is 5.10 Å². The molecule has 1 amide bonds. The molecule has 2 aromatic heterocycles. The maximum atomic E-state index is 12.8. The third-order valence-corrected chi connectivity index (χ3v) is 4.05. The van der Waals surface area contributed by atoms with E-state index in [1.807, 2.05) is 50.2 Å². The average molecular weight is 366 g/mol. The number of anilines is 1. The number of pyridine rings is 1. The zero-order valence-electron chi connectivity index (χ0n) is 15.6. The van der Waals surface area contributed by atoms with E-state index in [1.165, 1.54) is 0 Å². The second-order valence-corrected chi connectivity index (χ2v) is 6.04. The van der Waals surface area contributed by atoms with Crippen molar-refractivity contribution in [3.05, 3.63) is 65.6 Å². The van der Waals surface area contributed by atoms with Crippen LogP contribution in [0.5, 0.6) is 5.75 Å². The van der Waals surface area contributed by atoms with E-state index in [0.29, 0.717) is 41.7 Å². The number of benzene rings is 1. The predicted molar refractivity (Wildman–Crippen MR) is 103 cm³/mol. The summed E-state index contributed by atoms with van der Waals surface area (Å²) in [5, 5.41) is 7.20. The zero-order chi connectivity index (χ0) is 19.2. The highest BCUT2D eigenvalue weighted by Gasteiger charge is 2.17. The van der Waals surface area contributed by atoms with Gasteiger partial charge >= 0.3 is 0 Å². The molecule has 0 aliphatic carbocycles. The average Bonchev–Trinajstić information content (AvgIpc) is 3.06. The Labute approximate surface area is 158 Å². The number of rotatable bonds is 7. The number of nitrogens with one attached hydrogen (secondary N) is 1. The number of ether oxygens (including phenoxy) is 2. The molecule has 0 saturated heterocycles. The Kier molecular flexibility index (Phi) is 5.83. The Bertz CT molecular complexity index is 922. The molecule has 0 saturated carbocycles. The van der Waals surface area contributed by atoms with E-state index >= 15 is 0 Å². The summed E-state index contributed by atoms with van der Waals surface area (Å²) in [5.41, 5.74) is 2.83. The monoisotopic (exact) mass is 366 g/mol. The molecule has 0 radical (unpaired) electrons. The van der Waals surface area contributed by atoms with Crippen molar-refractivity contribution in [3.8, 4) is 11.6 Å². The van der Waals surface area contributed by atoms with Crippen LogP contribution in [0.3, 0.4) is 0 Å². The van der Waals surface area contributed by atoms with Crippen molar-refractivity contribution in [1.82, 2.24) is 14.8 Å². The summed E-state index contributed by atoms with van der Waals surface area (Å²) < 4.78 is 12.4. The molecule has 0 spiro atoms. The van der Waals surface area contributed by atoms with Gasteiger partial charge in [-0.1, -0.05) is 12.1 Å². The number of amides is 1. The molecule has 2 heterocycles. The van der Waals surface area contributed by atoms with Crippen LogP contribution in [0.1, 0.15) is 21.6 Å². The zero-order valence-corrected chi connectivity index (χ0v) is 15.6. The van der Waals surface area contributed by atoms with E-state index < -0.39 is 0 Å². The minimum atomic E-state index is -0.255. The lowest BCUT2D eigenvalue weighted by Gasteiger charge is -2.13. The molecule has 140 valence electrons. The number of methoxy groups -OCH3 is 1. The molecule has 0 fully saturated rings. The molecule has 7 heteroatoms. The van der Waals surface area contributed by atoms with Gasteiger partial charge in [0.05, 0.1) is 29.7 Å². The molecule has 0 bridgehead atoms. The number of carbonyl (C=O) groups excluding carboxylic acids is 1. The normalized spacial score (nSPS) is 10.6. The number of carbonyl (C=O) groups is 1. The van der Waals surface area contributed by atoms with Crippen molar-refractivity contribution in [3.63, 3.8) is 0 Å². The summed E-state index contributed by atoms with van der Waals surface area (Å²) in [6, 6.07) is 11.2. The van der Waals surface area contributed by atoms with Crippen molar-refractivity contribution in [2.24, 2.45) is 0 Å². The van der Waals surface area contributed by atoms with Crippen LogP contribution in [0.15, 0.2) is 48.8 Å². The Morgan fingerprint density at radius 1 is 1.19 bits per heavy atom. The second kappa shape index (κ2) is 8.46. The van der Waals surface area contributed by atoms with Crippen molar-refractivity contribution in [2.45, 2.75) is 13.8 Å². The molecule has 27 heavy (non-hydrogen) atoms. The van der Waals surface area contributed by atoms with Gasteiger partial charge in [0, 0.05) is 13.3 Å². The van der Waals surface area contributed by atoms with Crippen molar-refractivity contribution in [2.75, 3.05) is 25.6 Å². The van der Waals surface area contributed by atoms with Gasteiger partial charge in [-0.15, -0.1) is 0 Å². The van der Waals surface area contributed by atoms with Gasteiger partial charge in [0.15, 0.2) is 5.82 Å². The lowest BCUT2D eigenvalue weighted by atomic mass is 10.2. The number of aryl methyl sites for hydroxylation is 1. The predicted octanol–water partition coefficient (Wildman–Crippen LogP) is 3.16. The van der Waals surface area contributed by atoms with Crippen LogP contribution < -0.4 is 10.1 Å². The van der Waals surface area contributed by atoms with E-state index in [0.717, 1.165) is 5.56 Å². The number of aromatic nitrogens is 3. The summed E-state index contributed by atoms with van der Waals surface area (Å²) >= 11 is 0. The third-order valence-electron chi connectivity index (χ3n) is 4.05. The van der Waals surface area contributed by atoms with E-state index in [-0.39, 0.29) is 5.91 Å². The molecule has 0 aliphatic heterocycles. The fraction of sp³-hybridized carbons (Fsp3) is 0.250. The van der Waals surface area contributed by atoms with E-state index in [4.69, 9.17) is 9.47 Å². The van der Waals surface area contributed by atoms with Gasteiger partial charge < -0.3 is 14.8 Å². The van der Waals surface area contributed by atoms with Crippen LogP contribution in [0.2, 0.25) is 0 Å². The third kappa shape index (κ3) is 4.32.